The molecule has 2 aromatic carbocycles. The van der Waals surface area contributed by atoms with E-state index < -0.39 is 0 Å². The van der Waals surface area contributed by atoms with E-state index in [1.54, 1.807) is 35.1 Å². The molecule has 0 radical (unpaired) electrons. The molecule has 4 nitrogen and oxygen atoms in total. The molecule has 0 aliphatic carbocycles. The van der Waals surface area contributed by atoms with Gasteiger partial charge in [0, 0.05) is 10.9 Å². The lowest BCUT2D eigenvalue weighted by Crippen LogP contribution is -2.00. The summed E-state index contributed by atoms with van der Waals surface area (Å²) >= 11 is 0. The van der Waals surface area contributed by atoms with Crippen molar-refractivity contribution in [3.8, 4) is 11.4 Å². The SMILES string of the molecule is O=Cc1ccccc1-n1ncc2cc(O)ccc21. The van der Waals surface area contributed by atoms with Gasteiger partial charge in [0.1, 0.15) is 5.75 Å². The normalized spacial score (nSPS) is 10.7. The van der Waals surface area contributed by atoms with Crippen LogP contribution in [-0.2, 0) is 0 Å². The van der Waals surface area contributed by atoms with E-state index in [9.17, 15) is 9.90 Å². The fourth-order valence-corrected chi connectivity index (χ4v) is 1.99. The number of para-hydroxylation sites is 1. The Bertz CT molecular complexity index is 731. The first-order chi connectivity index (χ1) is 8.79. The van der Waals surface area contributed by atoms with Gasteiger partial charge < -0.3 is 5.11 Å². The van der Waals surface area contributed by atoms with Crippen LogP contribution in [0.25, 0.3) is 16.6 Å². The Labute approximate surface area is 103 Å². The van der Waals surface area contributed by atoms with Crippen LogP contribution in [-0.4, -0.2) is 21.2 Å². The summed E-state index contributed by atoms with van der Waals surface area (Å²) in [5.41, 5.74) is 2.16. The van der Waals surface area contributed by atoms with Crippen LogP contribution >= 0.6 is 0 Å². The second-order valence-corrected chi connectivity index (χ2v) is 3.98. The minimum atomic E-state index is 0.200. The summed E-state index contributed by atoms with van der Waals surface area (Å²) in [4.78, 5) is 11.0. The Morgan fingerprint density at radius 1 is 1.17 bits per heavy atom. The summed E-state index contributed by atoms with van der Waals surface area (Å²) in [5.74, 6) is 0.200. The Morgan fingerprint density at radius 3 is 2.83 bits per heavy atom. The number of phenolic OH excluding ortho intramolecular Hbond substituents is 1. The molecule has 18 heavy (non-hydrogen) atoms. The van der Waals surface area contributed by atoms with Crippen molar-refractivity contribution in [2.24, 2.45) is 0 Å². The van der Waals surface area contributed by atoms with Gasteiger partial charge in [-0.1, -0.05) is 12.1 Å². The summed E-state index contributed by atoms with van der Waals surface area (Å²) in [6.45, 7) is 0. The zero-order valence-electron chi connectivity index (χ0n) is 9.45. The fraction of sp³-hybridized carbons (Fsp3) is 0. The molecule has 1 N–H and O–H groups in total. The van der Waals surface area contributed by atoms with Crippen molar-refractivity contribution in [2.45, 2.75) is 0 Å². The monoisotopic (exact) mass is 238 g/mol. The number of benzene rings is 2. The van der Waals surface area contributed by atoms with Gasteiger partial charge in [-0.25, -0.2) is 4.68 Å². The smallest absolute Gasteiger partial charge is 0.152 e. The number of aromatic hydroxyl groups is 1. The average molecular weight is 238 g/mol. The highest BCUT2D eigenvalue weighted by molar-refractivity contribution is 5.86. The van der Waals surface area contributed by atoms with Gasteiger partial charge >= 0.3 is 0 Å². The van der Waals surface area contributed by atoms with Crippen molar-refractivity contribution < 1.29 is 9.90 Å². The van der Waals surface area contributed by atoms with Crippen LogP contribution in [0.4, 0.5) is 0 Å². The first kappa shape index (κ1) is 10.5. The number of hydrogen-bond acceptors (Lipinski definition) is 3. The van der Waals surface area contributed by atoms with Gasteiger partial charge in [0.15, 0.2) is 6.29 Å². The number of rotatable bonds is 2. The van der Waals surface area contributed by atoms with Crippen molar-refractivity contribution in [3.63, 3.8) is 0 Å². The highest BCUT2D eigenvalue weighted by atomic mass is 16.3. The maximum atomic E-state index is 11.0. The predicted octanol–water partition coefficient (Wildman–Crippen LogP) is 2.54. The third kappa shape index (κ3) is 1.55. The van der Waals surface area contributed by atoms with Gasteiger partial charge in [0.25, 0.3) is 0 Å². The number of carbonyl (C=O) groups excluding carboxylic acids is 1. The van der Waals surface area contributed by atoms with Gasteiger partial charge in [-0.2, -0.15) is 5.10 Å². The van der Waals surface area contributed by atoms with Crippen LogP contribution in [0.1, 0.15) is 10.4 Å². The molecule has 4 heteroatoms. The van der Waals surface area contributed by atoms with Crippen molar-refractivity contribution in [2.75, 3.05) is 0 Å². The van der Waals surface area contributed by atoms with E-state index in [0.29, 0.717) is 5.56 Å². The molecule has 0 bridgehead atoms. The highest BCUT2D eigenvalue weighted by Crippen LogP contribution is 2.23. The van der Waals surface area contributed by atoms with Crippen LogP contribution in [0.5, 0.6) is 5.75 Å². The number of aromatic nitrogens is 2. The lowest BCUT2D eigenvalue weighted by molar-refractivity contribution is 0.112. The molecule has 0 fully saturated rings. The van der Waals surface area contributed by atoms with E-state index in [1.807, 2.05) is 18.2 Å². The van der Waals surface area contributed by atoms with Crippen molar-refractivity contribution in [1.29, 1.82) is 0 Å². The molecule has 3 rings (SSSR count). The molecule has 3 aromatic rings. The van der Waals surface area contributed by atoms with Gasteiger partial charge in [0.2, 0.25) is 0 Å². The lowest BCUT2D eigenvalue weighted by atomic mass is 10.2. The van der Waals surface area contributed by atoms with E-state index in [0.717, 1.165) is 22.9 Å². The minimum Gasteiger partial charge on any atom is -0.508 e. The van der Waals surface area contributed by atoms with E-state index in [1.165, 1.54) is 0 Å². The number of hydrogen-bond donors (Lipinski definition) is 1. The number of carbonyl (C=O) groups is 1. The van der Waals surface area contributed by atoms with E-state index in [4.69, 9.17) is 0 Å². The number of nitrogens with zero attached hydrogens (tertiary/aromatic N) is 2. The van der Waals surface area contributed by atoms with Gasteiger partial charge in [-0.05, 0) is 30.3 Å². The van der Waals surface area contributed by atoms with Gasteiger partial charge in [-0.3, -0.25) is 4.79 Å². The maximum absolute atomic E-state index is 11.0. The van der Waals surface area contributed by atoms with Crippen LogP contribution in [0.2, 0.25) is 0 Å². The van der Waals surface area contributed by atoms with Crippen molar-refractivity contribution in [3.05, 3.63) is 54.2 Å². The van der Waals surface area contributed by atoms with E-state index >= 15 is 0 Å². The lowest BCUT2D eigenvalue weighted by Gasteiger charge is -2.06. The summed E-state index contributed by atoms with van der Waals surface area (Å²) in [7, 11) is 0. The fourth-order valence-electron chi connectivity index (χ4n) is 1.99. The Balaban J connectivity index is 2.29. The summed E-state index contributed by atoms with van der Waals surface area (Å²) in [6.07, 6.45) is 2.47. The first-order valence-corrected chi connectivity index (χ1v) is 5.51. The van der Waals surface area contributed by atoms with E-state index in [2.05, 4.69) is 5.10 Å². The standard InChI is InChI=1S/C14H10N2O2/c17-9-10-3-1-2-4-13(10)16-14-6-5-12(18)7-11(14)8-15-16/h1-9,18H. The quantitative estimate of drug-likeness (QED) is 0.698. The topological polar surface area (TPSA) is 55.1 Å². The molecule has 0 spiro atoms. The van der Waals surface area contributed by atoms with Crippen LogP contribution < -0.4 is 0 Å². The highest BCUT2D eigenvalue weighted by Gasteiger charge is 2.08. The number of fused-ring (bicyclic) bond motifs is 1. The first-order valence-electron chi connectivity index (χ1n) is 5.51. The molecular formula is C14H10N2O2. The Morgan fingerprint density at radius 2 is 2.00 bits per heavy atom. The molecule has 0 atom stereocenters. The molecular weight excluding hydrogens is 228 g/mol. The van der Waals surface area contributed by atoms with Gasteiger partial charge in [-0.15, -0.1) is 0 Å². The molecule has 88 valence electrons. The van der Waals surface area contributed by atoms with Crippen LogP contribution in [0.15, 0.2) is 48.7 Å². The summed E-state index contributed by atoms with van der Waals surface area (Å²) < 4.78 is 1.69. The van der Waals surface area contributed by atoms with Crippen LogP contribution in [0, 0.1) is 0 Å². The van der Waals surface area contributed by atoms with Crippen LogP contribution in [0.3, 0.4) is 0 Å². The van der Waals surface area contributed by atoms with Crippen molar-refractivity contribution >= 4 is 17.2 Å². The summed E-state index contributed by atoms with van der Waals surface area (Å²) in [5, 5.41) is 14.5. The molecule has 1 aromatic heterocycles. The number of phenols is 1. The van der Waals surface area contributed by atoms with Crippen molar-refractivity contribution in [1.82, 2.24) is 9.78 Å². The molecule has 0 amide bonds. The predicted molar refractivity (Wildman–Crippen MR) is 68.1 cm³/mol. The molecule has 0 aliphatic heterocycles. The molecule has 0 saturated heterocycles. The third-order valence-corrected chi connectivity index (χ3v) is 2.84. The van der Waals surface area contributed by atoms with Gasteiger partial charge in [0.05, 0.1) is 17.4 Å². The summed E-state index contributed by atoms with van der Waals surface area (Å²) in [6, 6.07) is 12.3. The Hall–Kier alpha value is -2.62. The second kappa shape index (κ2) is 4.00. The average Bonchev–Trinajstić information content (AvgIpc) is 2.81. The zero-order chi connectivity index (χ0) is 12.5. The molecule has 0 unspecified atom stereocenters. The molecule has 0 saturated carbocycles. The second-order valence-electron chi connectivity index (χ2n) is 3.98. The Kier molecular flexibility index (Phi) is 2.34. The van der Waals surface area contributed by atoms with E-state index in [-0.39, 0.29) is 5.75 Å². The minimum absolute atomic E-state index is 0.200. The largest absolute Gasteiger partial charge is 0.508 e. The zero-order valence-corrected chi connectivity index (χ0v) is 9.45. The molecule has 1 heterocycles. The molecule has 0 aliphatic rings. The third-order valence-electron chi connectivity index (χ3n) is 2.84. The number of aldehydes is 1. The maximum Gasteiger partial charge on any atom is 0.152 e.